The molecule has 0 unspecified atom stereocenters. The van der Waals surface area contributed by atoms with E-state index in [2.05, 4.69) is 20.3 Å². The predicted molar refractivity (Wildman–Crippen MR) is 156 cm³/mol. The number of benzene rings is 2. The molecule has 0 radical (unpaired) electrons. The third-order valence-corrected chi connectivity index (χ3v) is 7.56. The van der Waals surface area contributed by atoms with Crippen molar-refractivity contribution in [2.75, 3.05) is 12.0 Å². The van der Waals surface area contributed by atoms with E-state index in [1.165, 1.54) is 43.1 Å². The van der Waals surface area contributed by atoms with Crippen LogP contribution in [0.4, 0.5) is 23.2 Å². The van der Waals surface area contributed by atoms with Crippen molar-refractivity contribution in [1.29, 1.82) is 0 Å². The minimum atomic E-state index is -4.51. The van der Waals surface area contributed by atoms with Gasteiger partial charge < -0.3 is 15.6 Å². The summed E-state index contributed by atoms with van der Waals surface area (Å²) in [6.07, 6.45) is 3.61. The highest BCUT2D eigenvalue weighted by Gasteiger charge is 2.24. The summed E-state index contributed by atoms with van der Waals surface area (Å²) in [7, 11) is -2.99. The zero-order valence-corrected chi connectivity index (χ0v) is 24.0. The number of hydrogen-bond donors (Lipinski definition) is 3. The number of rotatable bonds is 9. The smallest absolute Gasteiger partial charge is 0.331 e. The van der Waals surface area contributed by atoms with E-state index in [0.717, 1.165) is 12.3 Å². The fourth-order valence-electron chi connectivity index (χ4n) is 4.62. The molecule has 0 saturated heterocycles. The molecule has 4 aromatic rings. The number of aromatic nitrogens is 3. The van der Waals surface area contributed by atoms with Gasteiger partial charge >= 0.3 is 6.55 Å². The molecule has 1 atom stereocenters. The maximum absolute atomic E-state index is 14.6. The van der Waals surface area contributed by atoms with Gasteiger partial charge in [-0.1, -0.05) is 12.1 Å². The number of pyridine rings is 1. The summed E-state index contributed by atoms with van der Waals surface area (Å²) >= 11 is 0. The molecule has 0 amide bonds. The van der Waals surface area contributed by atoms with E-state index in [1.54, 1.807) is 25.1 Å². The van der Waals surface area contributed by atoms with E-state index in [-0.39, 0.29) is 28.2 Å². The average molecular weight is 618 g/mol. The molecule has 0 aliphatic heterocycles. The maximum Gasteiger partial charge on any atom is 0.331 e. The summed E-state index contributed by atoms with van der Waals surface area (Å²) in [5.74, 6) is -1.08. The second-order valence-corrected chi connectivity index (χ2v) is 11.2. The molecule has 2 aromatic heterocycles. The number of aliphatic imine (C=N–C) groups is 1. The van der Waals surface area contributed by atoms with Crippen LogP contribution in [-0.4, -0.2) is 42.4 Å². The summed E-state index contributed by atoms with van der Waals surface area (Å²) in [5.41, 5.74) is 6.97. The van der Waals surface area contributed by atoms with E-state index in [1.807, 2.05) is 0 Å². The van der Waals surface area contributed by atoms with Crippen LogP contribution in [0.1, 0.15) is 29.9 Å². The normalized spacial score (nSPS) is 13.5. The van der Waals surface area contributed by atoms with Crippen LogP contribution in [0.25, 0.3) is 27.6 Å². The molecule has 226 valence electrons. The van der Waals surface area contributed by atoms with Crippen molar-refractivity contribution in [3.63, 3.8) is 0 Å². The first-order valence-corrected chi connectivity index (χ1v) is 14.2. The average Bonchev–Trinajstić information content (AvgIpc) is 2.93. The third kappa shape index (κ3) is 6.57. The van der Waals surface area contributed by atoms with E-state index in [9.17, 15) is 30.8 Å². The van der Waals surface area contributed by atoms with Gasteiger partial charge in [0.05, 0.1) is 23.0 Å². The molecular weight excluding hydrogens is 590 g/mol. The number of nitrogens with zero attached hydrogens (tertiary/aromatic N) is 4. The number of sulfonamides is 1. The molecule has 10 nitrogen and oxygen atoms in total. The first-order valence-electron chi connectivity index (χ1n) is 12.6. The van der Waals surface area contributed by atoms with Crippen LogP contribution < -0.4 is 21.7 Å². The Morgan fingerprint density at radius 2 is 1.84 bits per heavy atom. The van der Waals surface area contributed by atoms with Crippen LogP contribution in [0, 0.1) is 12.7 Å². The quantitative estimate of drug-likeness (QED) is 0.144. The number of halogens is 4. The van der Waals surface area contributed by atoms with Crippen LogP contribution in [0.2, 0.25) is 0 Å². The highest BCUT2D eigenvalue weighted by molar-refractivity contribution is 7.89. The zero-order valence-electron chi connectivity index (χ0n) is 23.1. The number of primary sulfonamides is 1. The van der Waals surface area contributed by atoms with Gasteiger partial charge in [-0.05, 0) is 54.6 Å². The Kier molecular flexibility index (Phi) is 8.96. The van der Waals surface area contributed by atoms with Crippen LogP contribution >= 0.6 is 0 Å². The van der Waals surface area contributed by atoms with Gasteiger partial charge in [0, 0.05) is 42.3 Å². The van der Waals surface area contributed by atoms with E-state index in [4.69, 9.17) is 10.9 Å². The molecule has 15 heteroatoms. The molecule has 0 spiro atoms. The van der Waals surface area contributed by atoms with Gasteiger partial charge in [0.15, 0.2) is 5.82 Å². The fourth-order valence-corrected chi connectivity index (χ4v) is 5.39. The van der Waals surface area contributed by atoms with Crippen molar-refractivity contribution >= 4 is 38.3 Å². The first-order chi connectivity index (χ1) is 20.2. The molecule has 2 heterocycles. The van der Waals surface area contributed by atoms with E-state index < -0.39 is 45.6 Å². The molecule has 0 saturated carbocycles. The molecule has 2 aromatic carbocycles. The number of nitrogens with one attached hydrogen (secondary N) is 1. The summed E-state index contributed by atoms with van der Waals surface area (Å²) < 4.78 is 79.8. The van der Waals surface area contributed by atoms with E-state index in [0.29, 0.717) is 27.8 Å². The number of fused-ring (bicyclic) bond motifs is 1. The lowest BCUT2D eigenvalue weighted by atomic mass is 9.96. The Balaban J connectivity index is 1.86. The second kappa shape index (κ2) is 12.3. The Bertz CT molecular complexity index is 1920. The maximum atomic E-state index is 14.6. The number of nitrogens with two attached hydrogens (primary N) is 2. The zero-order chi connectivity index (χ0) is 31.6. The molecule has 4 rings (SSSR count). The molecule has 0 aliphatic rings. The second-order valence-electron chi connectivity index (χ2n) is 9.67. The molecule has 5 N–H and O–H groups in total. The van der Waals surface area contributed by atoms with E-state index >= 15 is 0 Å². The Labute approximate surface area is 243 Å². The number of aryl methyl sites for hydroxylation is 1. The lowest BCUT2D eigenvalue weighted by Crippen LogP contribution is -2.22. The van der Waals surface area contributed by atoms with Gasteiger partial charge in [-0.3, -0.25) is 4.79 Å². The lowest BCUT2D eigenvalue weighted by Gasteiger charge is -2.22. The standard InChI is InChI=1S/C28H27F4N7O3S/c1-14-7-18(23(10-29)38-22-6-4-5-21(30)25(22)43(34,41)42)17-9-24(39(3)27(40)19(17)8-14)16-11-35-26(36-12-16)20(15(2)33)13-37-28(31)32/h4-9,11-13,23,28,38H,10,33H2,1-3H3,(H2,34,41,42)/b20-15+,37-13+/t23-/m1/s1. The predicted octanol–water partition coefficient (Wildman–Crippen LogP) is 4.20. The van der Waals surface area contributed by atoms with Crippen molar-refractivity contribution < 1.29 is 26.0 Å². The van der Waals surface area contributed by atoms with Crippen molar-refractivity contribution in [3.05, 3.63) is 87.6 Å². The highest BCUT2D eigenvalue weighted by atomic mass is 32.2. The topological polar surface area (TPSA) is 158 Å². The van der Waals surface area contributed by atoms with Crippen molar-refractivity contribution in [1.82, 2.24) is 14.5 Å². The van der Waals surface area contributed by atoms with Gasteiger partial charge in [-0.2, -0.15) is 8.78 Å². The first kappa shape index (κ1) is 31.3. The largest absolute Gasteiger partial charge is 0.402 e. The SMILES string of the molecule is C/C(N)=C(/C=N/C(F)F)c1ncc(-c2cc3c([C@@H](CF)Nc4cccc(F)c4S(N)(=O)=O)cc(C)cc3c(=O)n2C)cn1. The summed E-state index contributed by atoms with van der Waals surface area (Å²) in [6, 6.07) is 7.08. The summed E-state index contributed by atoms with van der Waals surface area (Å²) in [5, 5.41) is 8.53. The fraction of sp³-hybridized carbons (Fsp3) is 0.214. The number of alkyl halides is 3. The molecule has 43 heavy (non-hydrogen) atoms. The van der Waals surface area contributed by atoms with Crippen LogP contribution in [0.3, 0.4) is 0 Å². The number of anilines is 1. The minimum absolute atomic E-state index is 0.0256. The molecule has 0 fully saturated rings. The third-order valence-electron chi connectivity index (χ3n) is 6.57. The number of allylic oxidation sites excluding steroid dienone is 2. The highest BCUT2D eigenvalue weighted by Crippen LogP contribution is 2.33. The summed E-state index contributed by atoms with van der Waals surface area (Å²) in [4.78, 5) is 24.1. The molecule has 0 bridgehead atoms. The van der Waals surface area contributed by atoms with Crippen molar-refractivity contribution in [2.45, 2.75) is 31.3 Å². The van der Waals surface area contributed by atoms with Gasteiger partial charge in [-0.15, -0.1) is 0 Å². The Morgan fingerprint density at radius 1 is 1.16 bits per heavy atom. The Hall–Kier alpha value is -4.63. The van der Waals surface area contributed by atoms with Crippen LogP contribution in [-0.2, 0) is 17.1 Å². The lowest BCUT2D eigenvalue weighted by molar-refractivity contribution is 0.161. The monoisotopic (exact) mass is 617 g/mol. The number of hydrogen-bond acceptors (Lipinski definition) is 8. The van der Waals surface area contributed by atoms with Gasteiger partial charge in [0.1, 0.15) is 17.4 Å². The van der Waals surface area contributed by atoms with Crippen LogP contribution in [0.5, 0.6) is 0 Å². The summed E-state index contributed by atoms with van der Waals surface area (Å²) in [6.45, 7) is -0.827. The molecule has 0 aliphatic carbocycles. The van der Waals surface area contributed by atoms with Crippen molar-refractivity contribution in [2.24, 2.45) is 22.9 Å². The molecular formula is C28H27F4N7O3S. The van der Waals surface area contributed by atoms with Gasteiger partial charge in [0.2, 0.25) is 10.0 Å². The van der Waals surface area contributed by atoms with Crippen LogP contribution in [0.15, 0.2) is 69.2 Å². The van der Waals surface area contributed by atoms with Crippen molar-refractivity contribution in [3.8, 4) is 11.3 Å². The Morgan fingerprint density at radius 3 is 2.42 bits per heavy atom. The van der Waals surface area contributed by atoms with Gasteiger partial charge in [-0.25, -0.2) is 37.3 Å². The minimum Gasteiger partial charge on any atom is -0.402 e. The van der Waals surface area contributed by atoms with Gasteiger partial charge in [0.25, 0.3) is 5.56 Å².